The summed E-state index contributed by atoms with van der Waals surface area (Å²) in [5, 5.41) is 0. The van der Waals surface area contributed by atoms with Crippen LogP contribution in [0.1, 0.15) is 0 Å². The average molecular weight is 295 g/mol. The van der Waals surface area contributed by atoms with Gasteiger partial charge in [0.1, 0.15) is 0 Å². The predicted molar refractivity (Wildman–Crippen MR) is 73.5 cm³/mol. The third-order valence-electron chi connectivity index (χ3n) is 2.04. The van der Waals surface area contributed by atoms with Gasteiger partial charge < -0.3 is 11.5 Å². The Hall–Kier alpha value is -1.13. The molecule has 0 atom stereocenters. The molecular formula is C12H11BrN2S. The lowest BCUT2D eigenvalue weighted by Gasteiger charge is -2.05. The molecule has 0 saturated carbocycles. The largest absolute Gasteiger partial charge is 0.399 e. The molecule has 0 aliphatic rings. The van der Waals surface area contributed by atoms with Crippen molar-refractivity contribution in [1.82, 2.24) is 0 Å². The Morgan fingerprint density at radius 1 is 0.938 bits per heavy atom. The minimum Gasteiger partial charge on any atom is -0.399 e. The molecule has 2 nitrogen and oxygen atoms in total. The van der Waals surface area contributed by atoms with E-state index in [1.165, 1.54) is 0 Å². The van der Waals surface area contributed by atoms with Gasteiger partial charge in [-0.1, -0.05) is 17.8 Å². The number of benzene rings is 2. The SMILES string of the molecule is Nc1cccc(Sc2ccc(N)cc2Br)c1. The topological polar surface area (TPSA) is 52.0 Å². The van der Waals surface area contributed by atoms with Crippen LogP contribution in [0.2, 0.25) is 0 Å². The van der Waals surface area contributed by atoms with Crippen molar-refractivity contribution >= 4 is 39.1 Å². The smallest absolute Gasteiger partial charge is 0.0335 e. The summed E-state index contributed by atoms with van der Waals surface area (Å²) >= 11 is 5.15. The van der Waals surface area contributed by atoms with Crippen molar-refractivity contribution in [2.75, 3.05) is 11.5 Å². The highest BCUT2D eigenvalue weighted by molar-refractivity contribution is 9.10. The molecule has 0 aromatic heterocycles. The summed E-state index contributed by atoms with van der Waals surface area (Å²) in [6.07, 6.45) is 0. The van der Waals surface area contributed by atoms with Crippen LogP contribution in [0.4, 0.5) is 11.4 Å². The first-order chi connectivity index (χ1) is 7.65. The van der Waals surface area contributed by atoms with Crippen LogP contribution in [0.15, 0.2) is 56.7 Å². The van der Waals surface area contributed by atoms with Crippen LogP contribution in [-0.4, -0.2) is 0 Å². The van der Waals surface area contributed by atoms with Crippen LogP contribution in [0.5, 0.6) is 0 Å². The number of rotatable bonds is 2. The molecule has 0 heterocycles. The maximum Gasteiger partial charge on any atom is 0.0335 e. The molecule has 0 aliphatic heterocycles. The summed E-state index contributed by atoms with van der Waals surface area (Å²) in [6.45, 7) is 0. The van der Waals surface area contributed by atoms with Crippen molar-refractivity contribution in [3.05, 3.63) is 46.9 Å². The van der Waals surface area contributed by atoms with Crippen molar-refractivity contribution in [1.29, 1.82) is 0 Å². The molecule has 2 aromatic carbocycles. The van der Waals surface area contributed by atoms with Gasteiger partial charge in [-0.15, -0.1) is 0 Å². The summed E-state index contributed by atoms with van der Waals surface area (Å²) in [4.78, 5) is 2.24. The second kappa shape index (κ2) is 4.80. The Balaban J connectivity index is 2.27. The van der Waals surface area contributed by atoms with Crippen LogP contribution in [0.25, 0.3) is 0 Å². The molecule has 0 fully saturated rings. The van der Waals surface area contributed by atoms with Gasteiger partial charge in [-0.25, -0.2) is 0 Å². The second-order valence-electron chi connectivity index (χ2n) is 3.36. The molecule has 4 heteroatoms. The zero-order valence-electron chi connectivity index (χ0n) is 8.48. The monoisotopic (exact) mass is 294 g/mol. The molecule has 0 radical (unpaired) electrons. The Morgan fingerprint density at radius 3 is 2.38 bits per heavy atom. The summed E-state index contributed by atoms with van der Waals surface area (Å²) in [7, 11) is 0. The van der Waals surface area contributed by atoms with E-state index < -0.39 is 0 Å². The quantitative estimate of drug-likeness (QED) is 0.829. The van der Waals surface area contributed by atoms with Gasteiger partial charge in [-0.2, -0.15) is 0 Å². The Bertz CT molecular complexity index is 514. The van der Waals surface area contributed by atoms with Crippen LogP contribution in [-0.2, 0) is 0 Å². The number of nitrogen functional groups attached to an aromatic ring is 2. The minimum atomic E-state index is 0.754. The van der Waals surface area contributed by atoms with Gasteiger partial charge in [-0.05, 0) is 52.3 Å². The van der Waals surface area contributed by atoms with Crippen LogP contribution >= 0.6 is 27.7 Å². The molecule has 16 heavy (non-hydrogen) atoms. The molecule has 2 aromatic rings. The average Bonchev–Trinajstić information content (AvgIpc) is 2.22. The van der Waals surface area contributed by atoms with Gasteiger partial charge in [0, 0.05) is 25.6 Å². The third kappa shape index (κ3) is 2.71. The van der Waals surface area contributed by atoms with Crippen molar-refractivity contribution in [2.45, 2.75) is 9.79 Å². The maximum atomic E-state index is 5.73. The van der Waals surface area contributed by atoms with Crippen molar-refractivity contribution in [2.24, 2.45) is 0 Å². The van der Waals surface area contributed by atoms with Gasteiger partial charge in [0.25, 0.3) is 0 Å². The highest BCUT2D eigenvalue weighted by Gasteiger charge is 2.02. The summed E-state index contributed by atoms with van der Waals surface area (Å²) < 4.78 is 1.000. The van der Waals surface area contributed by atoms with E-state index in [2.05, 4.69) is 15.9 Å². The van der Waals surface area contributed by atoms with Gasteiger partial charge >= 0.3 is 0 Å². The van der Waals surface area contributed by atoms with Crippen molar-refractivity contribution < 1.29 is 0 Å². The van der Waals surface area contributed by atoms with E-state index in [4.69, 9.17) is 11.5 Å². The number of halogens is 1. The van der Waals surface area contributed by atoms with Crippen LogP contribution in [0, 0.1) is 0 Å². The highest BCUT2D eigenvalue weighted by atomic mass is 79.9. The molecule has 0 spiro atoms. The molecule has 0 amide bonds. The standard InChI is InChI=1S/C12H11BrN2S/c13-11-7-9(15)4-5-12(11)16-10-3-1-2-8(14)6-10/h1-7H,14-15H2. The molecule has 2 rings (SSSR count). The highest BCUT2D eigenvalue weighted by Crippen LogP contribution is 2.34. The molecular weight excluding hydrogens is 284 g/mol. The fourth-order valence-electron chi connectivity index (χ4n) is 1.30. The normalized spacial score (nSPS) is 10.3. The minimum absolute atomic E-state index is 0.754. The molecule has 0 bridgehead atoms. The molecule has 0 unspecified atom stereocenters. The lowest BCUT2D eigenvalue weighted by atomic mass is 10.3. The number of hydrogen-bond donors (Lipinski definition) is 2. The lowest BCUT2D eigenvalue weighted by Crippen LogP contribution is -1.86. The van der Waals surface area contributed by atoms with E-state index in [-0.39, 0.29) is 0 Å². The van der Waals surface area contributed by atoms with Crippen LogP contribution in [0.3, 0.4) is 0 Å². The molecule has 82 valence electrons. The van der Waals surface area contributed by atoms with E-state index in [1.54, 1.807) is 11.8 Å². The lowest BCUT2D eigenvalue weighted by molar-refractivity contribution is 1.38. The Morgan fingerprint density at radius 2 is 1.69 bits per heavy atom. The summed E-state index contributed by atoms with van der Waals surface area (Å²) in [5.74, 6) is 0. The first kappa shape index (κ1) is 11.4. The van der Waals surface area contributed by atoms with Crippen LogP contribution < -0.4 is 11.5 Å². The first-order valence-corrected chi connectivity index (χ1v) is 6.34. The van der Waals surface area contributed by atoms with Crippen molar-refractivity contribution in [3.8, 4) is 0 Å². The third-order valence-corrected chi connectivity index (χ3v) is 4.03. The number of nitrogens with two attached hydrogens (primary N) is 2. The van der Waals surface area contributed by atoms with E-state index in [0.29, 0.717) is 0 Å². The van der Waals surface area contributed by atoms with Crippen molar-refractivity contribution in [3.63, 3.8) is 0 Å². The maximum absolute atomic E-state index is 5.73. The van der Waals surface area contributed by atoms with E-state index >= 15 is 0 Å². The van der Waals surface area contributed by atoms with E-state index in [1.807, 2.05) is 42.5 Å². The van der Waals surface area contributed by atoms with Gasteiger partial charge in [0.15, 0.2) is 0 Å². The number of anilines is 2. The Kier molecular flexibility index (Phi) is 3.41. The zero-order chi connectivity index (χ0) is 11.5. The summed E-state index contributed by atoms with van der Waals surface area (Å²) in [5.41, 5.74) is 12.9. The van der Waals surface area contributed by atoms with E-state index in [9.17, 15) is 0 Å². The molecule has 0 saturated heterocycles. The fourth-order valence-corrected chi connectivity index (χ4v) is 2.83. The molecule has 4 N–H and O–H groups in total. The zero-order valence-corrected chi connectivity index (χ0v) is 10.9. The van der Waals surface area contributed by atoms with E-state index in [0.717, 1.165) is 25.6 Å². The predicted octanol–water partition coefficient (Wildman–Crippen LogP) is 3.76. The Labute approximate surface area is 107 Å². The summed E-state index contributed by atoms with van der Waals surface area (Å²) in [6, 6.07) is 13.6. The van der Waals surface area contributed by atoms with Gasteiger partial charge in [0.2, 0.25) is 0 Å². The second-order valence-corrected chi connectivity index (χ2v) is 5.33. The van der Waals surface area contributed by atoms with Gasteiger partial charge in [0.05, 0.1) is 0 Å². The first-order valence-electron chi connectivity index (χ1n) is 4.73. The fraction of sp³-hybridized carbons (Fsp3) is 0. The molecule has 0 aliphatic carbocycles. The van der Waals surface area contributed by atoms with Gasteiger partial charge in [-0.3, -0.25) is 0 Å². The number of hydrogen-bond acceptors (Lipinski definition) is 3.